The first-order valence-electron chi connectivity index (χ1n) is 8.85. The normalized spacial score (nSPS) is 15.9. The molecule has 3 aromatic rings. The number of anilines is 1. The third-order valence-electron chi connectivity index (χ3n) is 4.78. The molecular formula is C19H22N4O3S. The van der Waals surface area contributed by atoms with Crippen molar-refractivity contribution in [1.82, 2.24) is 15.0 Å². The van der Waals surface area contributed by atoms with Gasteiger partial charge in [-0.25, -0.2) is 4.98 Å². The second-order valence-corrected chi connectivity index (χ2v) is 7.78. The van der Waals surface area contributed by atoms with Crippen molar-refractivity contribution in [2.75, 3.05) is 38.3 Å². The average molecular weight is 386 g/mol. The fourth-order valence-corrected chi connectivity index (χ4v) is 4.32. The smallest absolute Gasteiger partial charge is 0.197 e. The van der Waals surface area contributed by atoms with Gasteiger partial charge in [-0.3, -0.25) is 9.19 Å². The van der Waals surface area contributed by atoms with Gasteiger partial charge in [-0.1, -0.05) is 0 Å². The zero-order chi connectivity index (χ0) is 18.8. The standard InChI is InChI=1S/C19H22N4O3S/c1-13-17(20-6-5-18(13)25-2)12-27(24)19-21-15-4-3-14(11-16(15)22-19)23-7-9-26-10-8-23/h3-6,11H,7-10,12H2,1-2H3,(H,21,22). The van der Waals surface area contributed by atoms with Crippen molar-refractivity contribution in [3.05, 3.63) is 41.7 Å². The van der Waals surface area contributed by atoms with E-state index in [0.29, 0.717) is 10.9 Å². The van der Waals surface area contributed by atoms with Gasteiger partial charge in [-0.15, -0.1) is 0 Å². The Morgan fingerprint density at radius 3 is 2.89 bits per heavy atom. The van der Waals surface area contributed by atoms with E-state index in [1.54, 1.807) is 19.4 Å². The molecule has 1 aliphatic heterocycles. The predicted octanol–water partition coefficient (Wildman–Crippen LogP) is 2.42. The molecule has 7 nitrogen and oxygen atoms in total. The maximum absolute atomic E-state index is 12.8. The summed E-state index contributed by atoms with van der Waals surface area (Å²) in [5.74, 6) is 1.04. The van der Waals surface area contributed by atoms with E-state index < -0.39 is 10.8 Å². The lowest BCUT2D eigenvalue weighted by Crippen LogP contribution is -2.36. The number of hydrogen-bond acceptors (Lipinski definition) is 6. The van der Waals surface area contributed by atoms with Crippen LogP contribution in [-0.4, -0.2) is 52.6 Å². The number of hydrogen-bond donors (Lipinski definition) is 1. The first-order chi connectivity index (χ1) is 13.2. The van der Waals surface area contributed by atoms with Crippen LogP contribution in [-0.2, 0) is 21.3 Å². The lowest BCUT2D eigenvalue weighted by molar-refractivity contribution is 0.122. The highest BCUT2D eigenvalue weighted by atomic mass is 32.2. The molecule has 27 heavy (non-hydrogen) atoms. The maximum atomic E-state index is 12.8. The van der Waals surface area contributed by atoms with Gasteiger partial charge >= 0.3 is 0 Å². The molecule has 142 valence electrons. The minimum Gasteiger partial charge on any atom is -0.496 e. The zero-order valence-electron chi connectivity index (χ0n) is 15.4. The summed E-state index contributed by atoms with van der Waals surface area (Å²) in [4.78, 5) is 14.4. The van der Waals surface area contributed by atoms with Crippen LogP contribution in [0.4, 0.5) is 5.69 Å². The van der Waals surface area contributed by atoms with Crippen LogP contribution in [0.3, 0.4) is 0 Å². The largest absolute Gasteiger partial charge is 0.496 e. The number of morpholine rings is 1. The molecule has 1 aromatic carbocycles. The number of aromatic amines is 1. The Bertz CT molecular complexity index is 982. The van der Waals surface area contributed by atoms with Crippen molar-refractivity contribution in [3.63, 3.8) is 0 Å². The van der Waals surface area contributed by atoms with E-state index in [9.17, 15) is 4.21 Å². The van der Waals surface area contributed by atoms with Crippen LogP contribution in [0.1, 0.15) is 11.3 Å². The van der Waals surface area contributed by atoms with Gasteiger partial charge in [0.25, 0.3) is 0 Å². The fourth-order valence-electron chi connectivity index (χ4n) is 3.22. The number of ether oxygens (including phenoxy) is 2. The fraction of sp³-hybridized carbons (Fsp3) is 0.368. The number of rotatable bonds is 5. The summed E-state index contributed by atoms with van der Waals surface area (Å²) in [6, 6.07) is 7.88. The van der Waals surface area contributed by atoms with E-state index in [0.717, 1.165) is 60.0 Å². The highest BCUT2D eigenvalue weighted by molar-refractivity contribution is 7.84. The third kappa shape index (κ3) is 3.68. The maximum Gasteiger partial charge on any atom is 0.197 e. The van der Waals surface area contributed by atoms with Crippen molar-refractivity contribution in [1.29, 1.82) is 0 Å². The van der Waals surface area contributed by atoms with Gasteiger partial charge in [0.2, 0.25) is 0 Å². The summed E-state index contributed by atoms with van der Waals surface area (Å²) in [5, 5.41) is 0.466. The van der Waals surface area contributed by atoms with E-state index in [-0.39, 0.29) is 0 Å². The number of nitrogens with one attached hydrogen (secondary N) is 1. The second kappa shape index (κ2) is 7.66. The summed E-state index contributed by atoms with van der Waals surface area (Å²) in [6.45, 7) is 5.15. The molecule has 1 aliphatic rings. The SMILES string of the molecule is COc1ccnc(CS(=O)c2nc3ccc(N4CCOCC4)cc3[nH]2)c1C. The van der Waals surface area contributed by atoms with Crippen molar-refractivity contribution in [3.8, 4) is 5.75 Å². The van der Waals surface area contributed by atoms with Crippen LogP contribution in [0.2, 0.25) is 0 Å². The lowest BCUT2D eigenvalue weighted by atomic mass is 10.2. The van der Waals surface area contributed by atoms with Crippen LogP contribution < -0.4 is 9.64 Å². The van der Waals surface area contributed by atoms with E-state index in [2.05, 4.69) is 32.0 Å². The minimum atomic E-state index is -1.32. The highest BCUT2D eigenvalue weighted by Crippen LogP contribution is 2.24. The van der Waals surface area contributed by atoms with Gasteiger partial charge in [0.1, 0.15) is 5.75 Å². The Morgan fingerprint density at radius 2 is 2.11 bits per heavy atom. The molecule has 3 heterocycles. The molecule has 1 fully saturated rings. The van der Waals surface area contributed by atoms with Crippen LogP contribution in [0.15, 0.2) is 35.6 Å². The summed E-state index contributed by atoms with van der Waals surface area (Å²) in [7, 11) is 0.302. The Morgan fingerprint density at radius 1 is 1.30 bits per heavy atom. The van der Waals surface area contributed by atoms with Crippen molar-refractivity contribution >= 4 is 27.5 Å². The Hall–Kier alpha value is -2.45. The van der Waals surface area contributed by atoms with Crippen LogP contribution >= 0.6 is 0 Å². The number of methoxy groups -OCH3 is 1. The Labute approximate surface area is 160 Å². The van der Waals surface area contributed by atoms with Crippen molar-refractivity contribution in [2.45, 2.75) is 17.8 Å². The summed E-state index contributed by atoms with van der Waals surface area (Å²) in [6.07, 6.45) is 1.67. The van der Waals surface area contributed by atoms with Crippen LogP contribution in [0, 0.1) is 6.92 Å². The van der Waals surface area contributed by atoms with Crippen LogP contribution in [0.25, 0.3) is 11.0 Å². The molecule has 0 spiro atoms. The zero-order valence-corrected chi connectivity index (χ0v) is 16.2. The van der Waals surface area contributed by atoms with E-state index in [1.165, 1.54) is 0 Å². The molecule has 1 saturated heterocycles. The quantitative estimate of drug-likeness (QED) is 0.725. The lowest BCUT2D eigenvalue weighted by Gasteiger charge is -2.28. The molecule has 0 amide bonds. The Kier molecular flexibility index (Phi) is 5.09. The first-order valence-corrected chi connectivity index (χ1v) is 10.2. The monoisotopic (exact) mass is 386 g/mol. The molecule has 0 aliphatic carbocycles. The molecule has 2 aromatic heterocycles. The summed E-state index contributed by atoms with van der Waals surface area (Å²) in [5.41, 5.74) is 4.47. The molecule has 1 N–H and O–H groups in total. The number of H-pyrrole nitrogens is 1. The molecule has 4 rings (SSSR count). The number of nitrogens with zero attached hydrogens (tertiary/aromatic N) is 3. The number of aromatic nitrogens is 3. The third-order valence-corrected chi connectivity index (χ3v) is 5.94. The number of benzene rings is 1. The highest BCUT2D eigenvalue weighted by Gasteiger charge is 2.16. The number of fused-ring (bicyclic) bond motifs is 1. The van der Waals surface area contributed by atoms with Gasteiger partial charge in [0.05, 0.1) is 53.6 Å². The molecule has 0 saturated carbocycles. The molecular weight excluding hydrogens is 364 g/mol. The number of pyridine rings is 1. The first kappa shape index (κ1) is 17.9. The van der Waals surface area contributed by atoms with Gasteiger partial charge in [0.15, 0.2) is 5.16 Å². The van der Waals surface area contributed by atoms with Gasteiger partial charge < -0.3 is 19.4 Å². The van der Waals surface area contributed by atoms with E-state index >= 15 is 0 Å². The van der Waals surface area contributed by atoms with Crippen LogP contribution in [0.5, 0.6) is 5.75 Å². The minimum absolute atomic E-state index is 0.291. The molecule has 0 bridgehead atoms. The van der Waals surface area contributed by atoms with Gasteiger partial charge in [-0.2, -0.15) is 0 Å². The molecule has 0 radical (unpaired) electrons. The van der Waals surface area contributed by atoms with E-state index in [4.69, 9.17) is 9.47 Å². The van der Waals surface area contributed by atoms with Crippen molar-refractivity contribution in [2.24, 2.45) is 0 Å². The van der Waals surface area contributed by atoms with Crippen molar-refractivity contribution < 1.29 is 13.7 Å². The van der Waals surface area contributed by atoms with E-state index in [1.807, 2.05) is 13.0 Å². The number of imidazole rings is 1. The summed E-state index contributed by atoms with van der Waals surface area (Å²) >= 11 is 0. The van der Waals surface area contributed by atoms with Gasteiger partial charge in [0, 0.05) is 30.5 Å². The molecule has 1 atom stereocenters. The second-order valence-electron chi connectivity index (χ2n) is 6.42. The molecule has 1 unspecified atom stereocenters. The topological polar surface area (TPSA) is 80.3 Å². The average Bonchev–Trinajstić information content (AvgIpc) is 3.14. The predicted molar refractivity (Wildman–Crippen MR) is 105 cm³/mol. The van der Waals surface area contributed by atoms with Gasteiger partial charge in [-0.05, 0) is 31.2 Å². The molecule has 8 heteroatoms. The Balaban J connectivity index is 1.57. The summed E-state index contributed by atoms with van der Waals surface area (Å²) < 4.78 is 23.6.